The molecule has 25 heavy (non-hydrogen) atoms. The molecule has 3 rings (SSSR count). The molecular formula is C17H14Cl2FN5. The minimum Gasteiger partial charge on any atom is -0.368 e. The van der Waals surface area contributed by atoms with Crippen LogP contribution < -0.4 is 10.6 Å². The number of nitrogens with zero attached hydrogens (tertiary/aromatic N) is 3. The molecule has 1 heterocycles. The quantitative estimate of drug-likeness (QED) is 0.650. The van der Waals surface area contributed by atoms with Crippen LogP contribution in [-0.2, 0) is 6.42 Å². The third kappa shape index (κ3) is 5.01. The third-order valence-electron chi connectivity index (χ3n) is 3.36. The van der Waals surface area contributed by atoms with Gasteiger partial charge in [-0.05, 0) is 42.3 Å². The molecule has 1 aromatic heterocycles. The summed E-state index contributed by atoms with van der Waals surface area (Å²) in [6.45, 7) is 0.611. The molecule has 0 unspecified atom stereocenters. The highest BCUT2D eigenvalue weighted by Crippen LogP contribution is 2.21. The molecule has 3 aromatic rings. The summed E-state index contributed by atoms with van der Waals surface area (Å²) in [5.41, 5.74) is 1.53. The highest BCUT2D eigenvalue weighted by atomic mass is 35.5. The monoisotopic (exact) mass is 377 g/mol. The lowest BCUT2D eigenvalue weighted by molar-refractivity contribution is 0.628. The highest BCUT2D eigenvalue weighted by Gasteiger charge is 2.04. The van der Waals surface area contributed by atoms with E-state index in [0.29, 0.717) is 34.5 Å². The van der Waals surface area contributed by atoms with E-state index < -0.39 is 0 Å². The molecule has 0 aliphatic rings. The lowest BCUT2D eigenvalue weighted by Crippen LogP contribution is -2.09. The van der Waals surface area contributed by atoms with Crippen molar-refractivity contribution in [3.63, 3.8) is 0 Å². The van der Waals surface area contributed by atoms with Crippen molar-refractivity contribution in [1.29, 1.82) is 0 Å². The lowest BCUT2D eigenvalue weighted by Gasteiger charge is -2.09. The van der Waals surface area contributed by atoms with Crippen LogP contribution in [-0.4, -0.2) is 21.7 Å². The number of anilines is 3. The number of hydrogen-bond donors (Lipinski definition) is 2. The molecule has 128 valence electrons. The fraction of sp³-hybridized carbons (Fsp3) is 0.118. The predicted octanol–water partition coefficient (Wildman–Crippen LogP) is 4.72. The van der Waals surface area contributed by atoms with E-state index in [2.05, 4.69) is 25.8 Å². The summed E-state index contributed by atoms with van der Waals surface area (Å²) < 4.78 is 13.2. The fourth-order valence-electron chi connectivity index (χ4n) is 2.19. The van der Waals surface area contributed by atoms with Gasteiger partial charge in [0.05, 0.1) is 6.20 Å². The number of hydrogen-bond acceptors (Lipinski definition) is 5. The second-order valence-corrected chi connectivity index (χ2v) is 6.06. The zero-order chi connectivity index (χ0) is 17.6. The molecule has 0 radical (unpaired) electrons. The molecule has 0 saturated heterocycles. The van der Waals surface area contributed by atoms with Crippen molar-refractivity contribution in [3.05, 3.63) is 70.1 Å². The van der Waals surface area contributed by atoms with Gasteiger partial charge in [-0.3, -0.25) is 0 Å². The van der Waals surface area contributed by atoms with Crippen molar-refractivity contribution in [2.75, 3.05) is 17.2 Å². The van der Waals surface area contributed by atoms with Crippen molar-refractivity contribution in [2.45, 2.75) is 6.42 Å². The summed E-state index contributed by atoms with van der Waals surface area (Å²) in [7, 11) is 0. The average Bonchev–Trinajstić information content (AvgIpc) is 2.57. The topological polar surface area (TPSA) is 62.7 Å². The van der Waals surface area contributed by atoms with Crippen LogP contribution in [0.4, 0.5) is 21.8 Å². The molecule has 0 fully saturated rings. The average molecular weight is 378 g/mol. The normalized spacial score (nSPS) is 10.5. The van der Waals surface area contributed by atoms with Crippen LogP contribution in [0.2, 0.25) is 10.0 Å². The number of rotatable bonds is 6. The minimum atomic E-state index is -0.341. The Kier molecular flexibility index (Phi) is 5.63. The lowest BCUT2D eigenvalue weighted by atomic mass is 10.1. The zero-order valence-electron chi connectivity index (χ0n) is 13.0. The summed E-state index contributed by atoms with van der Waals surface area (Å²) in [6.07, 6.45) is 2.22. The number of halogens is 3. The van der Waals surface area contributed by atoms with E-state index >= 15 is 0 Å². The van der Waals surface area contributed by atoms with Crippen molar-refractivity contribution in [3.8, 4) is 0 Å². The molecule has 0 atom stereocenters. The number of aromatic nitrogens is 3. The molecule has 0 aliphatic carbocycles. The largest absolute Gasteiger partial charge is 0.368 e. The molecule has 2 N–H and O–H groups in total. The van der Waals surface area contributed by atoms with E-state index in [0.717, 1.165) is 5.56 Å². The Hall–Kier alpha value is -2.44. The first kappa shape index (κ1) is 17.4. The smallest absolute Gasteiger partial charge is 0.249 e. The number of benzene rings is 2. The first-order chi connectivity index (χ1) is 12.1. The molecule has 0 amide bonds. The van der Waals surface area contributed by atoms with Gasteiger partial charge in [0, 0.05) is 22.3 Å². The van der Waals surface area contributed by atoms with E-state index in [1.165, 1.54) is 18.3 Å². The van der Waals surface area contributed by atoms with Gasteiger partial charge in [-0.1, -0.05) is 35.3 Å². The maximum atomic E-state index is 13.2. The zero-order valence-corrected chi connectivity index (χ0v) is 14.5. The van der Waals surface area contributed by atoms with Crippen molar-refractivity contribution < 1.29 is 4.39 Å². The van der Waals surface area contributed by atoms with Crippen LogP contribution in [0.25, 0.3) is 0 Å². The molecule has 8 heteroatoms. The first-order valence-corrected chi connectivity index (χ1v) is 8.26. The van der Waals surface area contributed by atoms with E-state index in [-0.39, 0.29) is 11.8 Å². The van der Waals surface area contributed by atoms with Crippen LogP contribution in [0.3, 0.4) is 0 Å². The van der Waals surface area contributed by atoms with Gasteiger partial charge >= 0.3 is 0 Å². The van der Waals surface area contributed by atoms with Crippen LogP contribution >= 0.6 is 23.2 Å². The molecular weight excluding hydrogens is 364 g/mol. The molecule has 0 aliphatic heterocycles. The Labute approximate surface area is 154 Å². The van der Waals surface area contributed by atoms with Crippen LogP contribution in [0, 0.1) is 5.82 Å². The van der Waals surface area contributed by atoms with E-state index in [1.807, 2.05) is 6.07 Å². The van der Waals surface area contributed by atoms with Gasteiger partial charge in [-0.25, -0.2) is 4.39 Å². The van der Waals surface area contributed by atoms with Gasteiger partial charge < -0.3 is 10.6 Å². The van der Waals surface area contributed by atoms with E-state index in [1.54, 1.807) is 24.3 Å². The Balaban J connectivity index is 1.60. The van der Waals surface area contributed by atoms with Gasteiger partial charge in [-0.15, -0.1) is 5.10 Å². The van der Waals surface area contributed by atoms with Crippen molar-refractivity contribution in [1.82, 2.24) is 15.2 Å². The third-order valence-corrected chi connectivity index (χ3v) is 3.94. The highest BCUT2D eigenvalue weighted by molar-refractivity contribution is 6.35. The Morgan fingerprint density at radius 2 is 1.96 bits per heavy atom. The van der Waals surface area contributed by atoms with Crippen molar-refractivity contribution >= 4 is 40.7 Å². The Bertz CT molecular complexity index is 875. The summed E-state index contributed by atoms with van der Waals surface area (Å²) in [4.78, 5) is 4.29. The SMILES string of the molecule is Fc1cccc(Nc2nncc(NCCc3ccc(Cl)cc3Cl)n2)c1. The predicted molar refractivity (Wildman–Crippen MR) is 98.2 cm³/mol. The van der Waals surface area contributed by atoms with Crippen LogP contribution in [0.1, 0.15) is 5.56 Å². The summed E-state index contributed by atoms with van der Waals surface area (Å²) >= 11 is 12.0. The van der Waals surface area contributed by atoms with E-state index in [4.69, 9.17) is 23.2 Å². The van der Waals surface area contributed by atoms with Gasteiger partial charge in [0.15, 0.2) is 5.82 Å². The van der Waals surface area contributed by atoms with Gasteiger partial charge in [0.1, 0.15) is 5.82 Å². The van der Waals surface area contributed by atoms with Gasteiger partial charge in [0.25, 0.3) is 0 Å². The van der Waals surface area contributed by atoms with Gasteiger partial charge in [-0.2, -0.15) is 10.1 Å². The molecule has 2 aromatic carbocycles. The second kappa shape index (κ2) is 8.09. The summed E-state index contributed by atoms with van der Waals surface area (Å²) in [5, 5.41) is 15.1. The second-order valence-electron chi connectivity index (χ2n) is 5.21. The summed E-state index contributed by atoms with van der Waals surface area (Å²) in [5.74, 6) is 0.492. The molecule has 0 saturated carbocycles. The minimum absolute atomic E-state index is 0.278. The standard InChI is InChI=1S/C17H14Cl2FN5/c18-12-5-4-11(15(19)8-12)6-7-21-16-10-22-25-17(24-16)23-14-3-1-2-13(20)9-14/h1-5,8-10H,6-7H2,(H2,21,23,24,25). The van der Waals surface area contributed by atoms with Crippen LogP contribution in [0.15, 0.2) is 48.7 Å². The van der Waals surface area contributed by atoms with E-state index in [9.17, 15) is 4.39 Å². The summed E-state index contributed by atoms with van der Waals surface area (Å²) in [6, 6.07) is 11.4. The van der Waals surface area contributed by atoms with Crippen molar-refractivity contribution in [2.24, 2.45) is 0 Å². The molecule has 5 nitrogen and oxygen atoms in total. The van der Waals surface area contributed by atoms with Gasteiger partial charge in [0.2, 0.25) is 5.95 Å². The molecule has 0 bridgehead atoms. The number of nitrogens with one attached hydrogen (secondary N) is 2. The first-order valence-electron chi connectivity index (χ1n) is 7.50. The maximum Gasteiger partial charge on any atom is 0.249 e. The molecule has 0 spiro atoms. The Morgan fingerprint density at radius 3 is 2.76 bits per heavy atom. The Morgan fingerprint density at radius 1 is 1.08 bits per heavy atom. The van der Waals surface area contributed by atoms with Crippen LogP contribution in [0.5, 0.6) is 0 Å². The maximum absolute atomic E-state index is 13.2. The fourth-order valence-corrected chi connectivity index (χ4v) is 2.69.